The highest BCUT2D eigenvalue weighted by Crippen LogP contribution is 2.55. The quantitative estimate of drug-likeness (QED) is 0.788. The van der Waals surface area contributed by atoms with Crippen LogP contribution in [0.2, 0.25) is 0 Å². The standard InChI is InChI=1S/C22H25FN2O3S/c1-29(27,28)24-21-19(25(20(26)14-23)15-22(21)10-11-22)13-16-6-5-9-18(12-16)17-7-3-2-4-8-17/h2-9,12,19,21,24H,10-11,13-15H2,1H3. The Balaban J connectivity index is 1.66. The zero-order valence-electron chi connectivity index (χ0n) is 16.3. The molecular weight excluding hydrogens is 391 g/mol. The number of likely N-dealkylation sites (tertiary alicyclic amines) is 1. The number of nitrogens with one attached hydrogen (secondary N) is 1. The number of hydrogen-bond donors (Lipinski definition) is 1. The van der Waals surface area contributed by atoms with E-state index < -0.39 is 34.7 Å². The summed E-state index contributed by atoms with van der Waals surface area (Å²) in [5.74, 6) is -0.571. The molecule has 2 aromatic rings. The summed E-state index contributed by atoms with van der Waals surface area (Å²) in [6.45, 7) is -0.659. The zero-order valence-corrected chi connectivity index (χ0v) is 17.2. The highest BCUT2D eigenvalue weighted by molar-refractivity contribution is 7.88. The predicted molar refractivity (Wildman–Crippen MR) is 110 cm³/mol. The van der Waals surface area contributed by atoms with E-state index in [0.717, 1.165) is 35.8 Å². The van der Waals surface area contributed by atoms with Gasteiger partial charge in [-0.05, 0) is 36.0 Å². The van der Waals surface area contributed by atoms with Crippen molar-refractivity contribution in [2.45, 2.75) is 31.3 Å². The van der Waals surface area contributed by atoms with Crippen molar-refractivity contribution in [3.05, 3.63) is 60.2 Å². The Hall–Kier alpha value is -2.25. The van der Waals surface area contributed by atoms with Crippen molar-refractivity contribution in [2.75, 3.05) is 19.5 Å². The summed E-state index contributed by atoms with van der Waals surface area (Å²) in [6, 6.07) is 17.2. The highest BCUT2D eigenvalue weighted by Gasteiger charge is 2.61. The molecule has 1 saturated heterocycles. The van der Waals surface area contributed by atoms with Crippen molar-refractivity contribution in [3.63, 3.8) is 0 Å². The van der Waals surface area contributed by atoms with Crippen LogP contribution in [0.15, 0.2) is 54.6 Å². The van der Waals surface area contributed by atoms with Crippen LogP contribution in [-0.2, 0) is 21.2 Å². The van der Waals surface area contributed by atoms with Crippen molar-refractivity contribution in [3.8, 4) is 11.1 Å². The minimum Gasteiger partial charge on any atom is -0.335 e. The lowest BCUT2D eigenvalue weighted by atomic mass is 9.92. The van der Waals surface area contributed by atoms with Crippen LogP contribution in [0.5, 0.6) is 0 Å². The summed E-state index contributed by atoms with van der Waals surface area (Å²) in [7, 11) is -3.45. The molecule has 2 atom stereocenters. The van der Waals surface area contributed by atoms with Crippen LogP contribution < -0.4 is 4.72 Å². The molecule has 29 heavy (non-hydrogen) atoms. The Bertz CT molecular complexity index is 1010. The molecule has 1 spiro atoms. The van der Waals surface area contributed by atoms with Crippen molar-refractivity contribution in [1.29, 1.82) is 0 Å². The second kappa shape index (κ2) is 7.54. The van der Waals surface area contributed by atoms with Gasteiger partial charge in [0, 0.05) is 18.0 Å². The van der Waals surface area contributed by atoms with Gasteiger partial charge in [0.2, 0.25) is 10.0 Å². The summed E-state index contributed by atoms with van der Waals surface area (Å²) in [4.78, 5) is 13.9. The van der Waals surface area contributed by atoms with Crippen molar-refractivity contribution in [1.82, 2.24) is 9.62 Å². The summed E-state index contributed by atoms with van der Waals surface area (Å²) < 4.78 is 40.0. The average molecular weight is 417 g/mol. The normalized spacial score (nSPS) is 22.8. The van der Waals surface area contributed by atoms with E-state index in [1.807, 2.05) is 48.5 Å². The Kier molecular flexibility index (Phi) is 5.21. The van der Waals surface area contributed by atoms with Gasteiger partial charge in [-0.2, -0.15) is 0 Å². The second-order valence-corrected chi connectivity index (χ2v) is 10.0. The second-order valence-electron chi connectivity index (χ2n) is 8.22. The molecule has 0 aromatic heterocycles. The highest BCUT2D eigenvalue weighted by atomic mass is 32.2. The maximum absolute atomic E-state index is 13.2. The number of halogens is 1. The number of nitrogens with zero attached hydrogens (tertiary/aromatic N) is 1. The molecule has 154 valence electrons. The number of alkyl halides is 1. The summed E-state index contributed by atoms with van der Waals surface area (Å²) in [6.07, 6.45) is 3.30. The van der Waals surface area contributed by atoms with E-state index in [9.17, 15) is 17.6 Å². The van der Waals surface area contributed by atoms with Crippen LogP contribution in [0.4, 0.5) is 4.39 Å². The molecular formula is C22H25FN2O3S. The van der Waals surface area contributed by atoms with Crippen LogP contribution >= 0.6 is 0 Å². The molecule has 2 aliphatic rings. The number of carbonyl (C=O) groups excluding carboxylic acids is 1. The van der Waals surface area contributed by atoms with Crippen LogP contribution in [0.25, 0.3) is 11.1 Å². The van der Waals surface area contributed by atoms with Gasteiger partial charge in [0.25, 0.3) is 5.91 Å². The van der Waals surface area contributed by atoms with Gasteiger partial charge in [0.1, 0.15) is 0 Å². The fourth-order valence-electron chi connectivity index (χ4n) is 4.53. The van der Waals surface area contributed by atoms with E-state index >= 15 is 0 Å². The van der Waals surface area contributed by atoms with Gasteiger partial charge in [-0.3, -0.25) is 4.79 Å². The number of benzene rings is 2. The number of amides is 1. The third kappa shape index (κ3) is 4.21. The van der Waals surface area contributed by atoms with Gasteiger partial charge in [-0.15, -0.1) is 0 Å². The first-order chi connectivity index (χ1) is 13.8. The van der Waals surface area contributed by atoms with Crippen LogP contribution in [0.1, 0.15) is 18.4 Å². The molecule has 1 aliphatic carbocycles. The van der Waals surface area contributed by atoms with Crippen LogP contribution in [0.3, 0.4) is 0 Å². The van der Waals surface area contributed by atoms with Gasteiger partial charge < -0.3 is 4.90 Å². The summed E-state index contributed by atoms with van der Waals surface area (Å²) in [5, 5.41) is 0. The molecule has 2 aromatic carbocycles. The Morgan fingerprint density at radius 2 is 1.83 bits per heavy atom. The molecule has 1 amide bonds. The van der Waals surface area contributed by atoms with Gasteiger partial charge in [-0.1, -0.05) is 54.6 Å². The average Bonchev–Trinajstić information content (AvgIpc) is 3.43. The van der Waals surface area contributed by atoms with E-state index in [0.29, 0.717) is 13.0 Å². The molecule has 1 saturated carbocycles. The van der Waals surface area contributed by atoms with E-state index in [-0.39, 0.29) is 5.41 Å². The summed E-state index contributed by atoms with van der Waals surface area (Å²) in [5.41, 5.74) is 2.86. The number of sulfonamides is 1. The van der Waals surface area contributed by atoms with Gasteiger partial charge in [-0.25, -0.2) is 17.5 Å². The Labute approximate surface area is 171 Å². The molecule has 1 heterocycles. The third-order valence-corrected chi connectivity index (χ3v) is 6.76. The Morgan fingerprint density at radius 3 is 2.45 bits per heavy atom. The largest absolute Gasteiger partial charge is 0.335 e. The first kappa shape index (κ1) is 20.0. The van der Waals surface area contributed by atoms with Gasteiger partial charge in [0.15, 0.2) is 6.67 Å². The fourth-order valence-corrected chi connectivity index (χ4v) is 5.40. The van der Waals surface area contributed by atoms with Gasteiger partial charge in [0.05, 0.1) is 12.3 Å². The van der Waals surface area contributed by atoms with E-state index in [1.54, 1.807) is 4.90 Å². The first-order valence-electron chi connectivity index (χ1n) is 9.78. The minimum atomic E-state index is -3.45. The molecule has 2 unspecified atom stereocenters. The lowest BCUT2D eigenvalue weighted by Crippen LogP contribution is -2.49. The van der Waals surface area contributed by atoms with Crippen molar-refractivity contribution in [2.24, 2.45) is 5.41 Å². The van der Waals surface area contributed by atoms with Crippen LogP contribution in [0, 0.1) is 5.41 Å². The van der Waals surface area contributed by atoms with Crippen molar-refractivity contribution >= 4 is 15.9 Å². The predicted octanol–water partition coefficient (Wildman–Crippen LogP) is 2.77. The summed E-state index contributed by atoms with van der Waals surface area (Å²) >= 11 is 0. The monoisotopic (exact) mass is 416 g/mol. The van der Waals surface area contributed by atoms with E-state index in [2.05, 4.69) is 10.8 Å². The molecule has 1 N–H and O–H groups in total. The van der Waals surface area contributed by atoms with E-state index in [4.69, 9.17) is 0 Å². The number of carbonyl (C=O) groups is 1. The molecule has 5 nitrogen and oxygen atoms in total. The zero-order chi connectivity index (χ0) is 20.6. The topological polar surface area (TPSA) is 66.5 Å². The molecule has 1 aliphatic heterocycles. The first-order valence-corrected chi connectivity index (χ1v) is 11.7. The van der Waals surface area contributed by atoms with Crippen molar-refractivity contribution < 1.29 is 17.6 Å². The SMILES string of the molecule is CS(=O)(=O)NC1C(Cc2cccc(-c3ccccc3)c2)N(C(=O)CF)CC12CC2. The van der Waals surface area contributed by atoms with Crippen LogP contribution in [-0.4, -0.2) is 50.8 Å². The maximum Gasteiger partial charge on any atom is 0.254 e. The number of rotatable bonds is 6. The maximum atomic E-state index is 13.2. The molecule has 0 radical (unpaired) electrons. The number of hydrogen-bond acceptors (Lipinski definition) is 3. The molecule has 0 bridgehead atoms. The lowest BCUT2D eigenvalue weighted by molar-refractivity contribution is -0.133. The van der Waals surface area contributed by atoms with E-state index in [1.165, 1.54) is 0 Å². The fraction of sp³-hybridized carbons (Fsp3) is 0.409. The Morgan fingerprint density at radius 1 is 1.14 bits per heavy atom. The lowest BCUT2D eigenvalue weighted by Gasteiger charge is -2.28. The smallest absolute Gasteiger partial charge is 0.254 e. The third-order valence-electron chi connectivity index (χ3n) is 6.08. The van der Waals surface area contributed by atoms with Gasteiger partial charge >= 0.3 is 0 Å². The molecule has 4 rings (SSSR count). The molecule has 2 fully saturated rings. The minimum absolute atomic E-state index is 0.268. The molecule has 7 heteroatoms.